The zero-order valence-corrected chi connectivity index (χ0v) is 16.1. The second-order valence-electron chi connectivity index (χ2n) is 6.03. The van der Waals surface area contributed by atoms with Gasteiger partial charge in [0.15, 0.2) is 0 Å². The molecule has 5 nitrogen and oxygen atoms in total. The second-order valence-corrected chi connectivity index (χ2v) is 7.02. The molecule has 0 radical (unpaired) electrons. The number of nitrogens with one attached hydrogen (secondary N) is 2. The van der Waals surface area contributed by atoms with Crippen molar-refractivity contribution in [1.82, 2.24) is 0 Å². The first-order valence-electron chi connectivity index (χ1n) is 8.40. The smallest absolute Gasteiger partial charge is 0.234 e. The number of amides is 2. The first-order chi connectivity index (χ1) is 12.5. The van der Waals surface area contributed by atoms with Crippen LogP contribution in [0.2, 0.25) is 0 Å². The van der Waals surface area contributed by atoms with Crippen molar-refractivity contribution >= 4 is 35.0 Å². The summed E-state index contributed by atoms with van der Waals surface area (Å²) in [6, 6.07) is 15.0. The molecule has 2 N–H and O–H groups in total. The highest BCUT2D eigenvalue weighted by Crippen LogP contribution is 2.24. The number of hydrogen-bond donors (Lipinski definition) is 2. The van der Waals surface area contributed by atoms with Gasteiger partial charge in [-0.3, -0.25) is 9.59 Å². The van der Waals surface area contributed by atoms with Gasteiger partial charge in [-0.05, 0) is 29.7 Å². The van der Waals surface area contributed by atoms with Gasteiger partial charge >= 0.3 is 0 Å². The van der Waals surface area contributed by atoms with Crippen LogP contribution in [0.1, 0.15) is 25.3 Å². The van der Waals surface area contributed by atoms with Crippen LogP contribution in [-0.2, 0) is 9.59 Å². The molecule has 0 saturated heterocycles. The Bertz CT molecular complexity index is 762. The number of methoxy groups -OCH3 is 1. The summed E-state index contributed by atoms with van der Waals surface area (Å²) in [5.74, 6) is 1.05. The molecule has 0 heterocycles. The summed E-state index contributed by atoms with van der Waals surface area (Å²) in [6.45, 7) is 4.17. The van der Waals surface area contributed by atoms with Crippen molar-refractivity contribution in [3.63, 3.8) is 0 Å². The lowest BCUT2D eigenvalue weighted by Gasteiger charge is -2.13. The van der Waals surface area contributed by atoms with Crippen molar-refractivity contribution in [2.24, 2.45) is 0 Å². The van der Waals surface area contributed by atoms with Crippen LogP contribution in [0, 0.1) is 0 Å². The lowest BCUT2D eigenvalue weighted by Crippen LogP contribution is -2.19. The normalized spacial score (nSPS) is 10.5. The molecule has 0 aliphatic carbocycles. The van der Waals surface area contributed by atoms with Crippen molar-refractivity contribution < 1.29 is 14.3 Å². The van der Waals surface area contributed by atoms with Crippen LogP contribution in [0.25, 0.3) is 0 Å². The lowest BCUT2D eigenvalue weighted by molar-refractivity contribution is -0.114. The Kier molecular flexibility index (Phi) is 7.53. The van der Waals surface area contributed by atoms with Gasteiger partial charge in [-0.25, -0.2) is 0 Å². The molecule has 2 amide bonds. The molecule has 6 heteroatoms. The number of rotatable bonds is 8. The number of anilines is 2. The Balaban J connectivity index is 1.80. The number of thioether (sulfide) groups is 1. The van der Waals surface area contributed by atoms with Gasteiger partial charge in [0.25, 0.3) is 0 Å². The van der Waals surface area contributed by atoms with Crippen LogP contribution in [0.3, 0.4) is 0 Å². The number of hydrogen-bond acceptors (Lipinski definition) is 4. The van der Waals surface area contributed by atoms with Gasteiger partial charge in [-0.2, -0.15) is 0 Å². The fraction of sp³-hybridized carbons (Fsp3) is 0.300. The average Bonchev–Trinajstić information content (AvgIpc) is 2.62. The van der Waals surface area contributed by atoms with Gasteiger partial charge < -0.3 is 15.4 Å². The zero-order chi connectivity index (χ0) is 18.9. The topological polar surface area (TPSA) is 67.4 Å². The molecule has 0 atom stereocenters. The first kappa shape index (κ1) is 19.8. The minimum atomic E-state index is -0.171. The van der Waals surface area contributed by atoms with E-state index in [1.165, 1.54) is 11.8 Å². The van der Waals surface area contributed by atoms with E-state index in [4.69, 9.17) is 4.74 Å². The van der Waals surface area contributed by atoms with E-state index in [0.717, 1.165) is 11.3 Å². The maximum atomic E-state index is 12.1. The van der Waals surface area contributed by atoms with Gasteiger partial charge in [-0.1, -0.05) is 44.2 Å². The molecule has 138 valence electrons. The van der Waals surface area contributed by atoms with Gasteiger partial charge in [0.2, 0.25) is 11.8 Å². The van der Waals surface area contributed by atoms with Crippen molar-refractivity contribution in [3.8, 4) is 5.75 Å². The van der Waals surface area contributed by atoms with Crippen LogP contribution >= 0.6 is 11.8 Å². The molecule has 0 aliphatic rings. The lowest BCUT2D eigenvalue weighted by atomic mass is 10.0. The Hall–Kier alpha value is -2.47. The molecule has 0 bridgehead atoms. The second kappa shape index (κ2) is 9.87. The summed E-state index contributed by atoms with van der Waals surface area (Å²) in [7, 11) is 1.55. The van der Waals surface area contributed by atoms with E-state index in [1.807, 2.05) is 36.4 Å². The number of carbonyl (C=O) groups excluding carboxylic acids is 2. The minimum absolute atomic E-state index is 0.117. The van der Waals surface area contributed by atoms with Crippen molar-refractivity contribution in [2.45, 2.75) is 19.8 Å². The van der Waals surface area contributed by atoms with Crippen LogP contribution in [0.15, 0.2) is 48.5 Å². The Morgan fingerprint density at radius 1 is 0.923 bits per heavy atom. The van der Waals surface area contributed by atoms with E-state index in [1.54, 1.807) is 19.2 Å². The molecular weight excluding hydrogens is 348 g/mol. The highest BCUT2D eigenvalue weighted by molar-refractivity contribution is 8.00. The number of benzene rings is 2. The van der Waals surface area contributed by atoms with E-state index in [2.05, 4.69) is 24.5 Å². The minimum Gasteiger partial charge on any atom is -0.495 e. The van der Waals surface area contributed by atoms with Crippen molar-refractivity contribution in [1.29, 1.82) is 0 Å². The SMILES string of the molecule is COc1ccccc1NC(=O)CSCC(=O)Nc1ccccc1C(C)C. The Labute approximate surface area is 158 Å². The number of para-hydroxylation sites is 3. The monoisotopic (exact) mass is 372 g/mol. The maximum absolute atomic E-state index is 12.1. The van der Waals surface area contributed by atoms with E-state index in [-0.39, 0.29) is 23.3 Å². The predicted octanol–water partition coefficient (Wildman–Crippen LogP) is 4.13. The molecule has 2 aromatic rings. The summed E-state index contributed by atoms with van der Waals surface area (Å²) in [4.78, 5) is 24.2. The summed E-state index contributed by atoms with van der Waals surface area (Å²) in [5, 5.41) is 5.71. The average molecular weight is 372 g/mol. The molecule has 2 rings (SSSR count). The zero-order valence-electron chi connectivity index (χ0n) is 15.2. The predicted molar refractivity (Wildman–Crippen MR) is 108 cm³/mol. The molecule has 0 saturated carbocycles. The van der Waals surface area contributed by atoms with Crippen LogP contribution < -0.4 is 15.4 Å². The van der Waals surface area contributed by atoms with Crippen molar-refractivity contribution in [3.05, 3.63) is 54.1 Å². The summed E-state index contributed by atoms with van der Waals surface area (Å²) in [5.41, 5.74) is 2.54. The summed E-state index contributed by atoms with van der Waals surface area (Å²) in [6.07, 6.45) is 0. The van der Waals surface area contributed by atoms with E-state index in [9.17, 15) is 9.59 Å². The molecule has 2 aromatic carbocycles. The standard InChI is InChI=1S/C20H24N2O3S/c1-14(2)15-8-4-5-9-16(15)21-19(23)12-26-13-20(24)22-17-10-6-7-11-18(17)25-3/h4-11,14H,12-13H2,1-3H3,(H,21,23)(H,22,24). The van der Waals surface area contributed by atoms with Gasteiger partial charge in [0, 0.05) is 5.69 Å². The number of ether oxygens (including phenoxy) is 1. The molecule has 0 unspecified atom stereocenters. The largest absolute Gasteiger partial charge is 0.495 e. The molecule has 0 aromatic heterocycles. The third-order valence-electron chi connectivity index (χ3n) is 3.70. The third kappa shape index (κ3) is 5.81. The molecule has 0 spiro atoms. The highest BCUT2D eigenvalue weighted by Gasteiger charge is 2.11. The summed E-state index contributed by atoms with van der Waals surface area (Å²) < 4.78 is 5.20. The fourth-order valence-corrected chi connectivity index (χ4v) is 3.09. The molecule has 0 aliphatic heterocycles. The fourth-order valence-electron chi connectivity index (χ4n) is 2.47. The highest BCUT2D eigenvalue weighted by atomic mass is 32.2. The van der Waals surface area contributed by atoms with Gasteiger partial charge in [0.05, 0.1) is 24.3 Å². The van der Waals surface area contributed by atoms with E-state index in [0.29, 0.717) is 17.4 Å². The Morgan fingerprint density at radius 3 is 2.08 bits per heavy atom. The van der Waals surface area contributed by atoms with Crippen LogP contribution in [-0.4, -0.2) is 30.4 Å². The van der Waals surface area contributed by atoms with Crippen LogP contribution in [0.4, 0.5) is 11.4 Å². The third-order valence-corrected chi connectivity index (χ3v) is 4.64. The van der Waals surface area contributed by atoms with Gasteiger partial charge in [-0.15, -0.1) is 11.8 Å². The quantitative estimate of drug-likeness (QED) is 0.731. The molecule has 0 fully saturated rings. The molecule has 26 heavy (non-hydrogen) atoms. The van der Waals surface area contributed by atoms with Crippen LogP contribution in [0.5, 0.6) is 5.75 Å². The van der Waals surface area contributed by atoms with Crippen molar-refractivity contribution in [2.75, 3.05) is 29.2 Å². The Morgan fingerprint density at radius 2 is 1.46 bits per heavy atom. The van der Waals surface area contributed by atoms with Gasteiger partial charge in [0.1, 0.15) is 5.75 Å². The van der Waals surface area contributed by atoms with E-state index < -0.39 is 0 Å². The first-order valence-corrected chi connectivity index (χ1v) is 9.56. The summed E-state index contributed by atoms with van der Waals surface area (Å²) >= 11 is 1.27. The number of carbonyl (C=O) groups is 2. The maximum Gasteiger partial charge on any atom is 0.234 e. The van der Waals surface area contributed by atoms with E-state index >= 15 is 0 Å². The molecular formula is C20H24N2O3S.